The Morgan fingerprint density at radius 3 is 2.20 bits per heavy atom. The standard InChI is InChI=1S/C35H38FN3O5S/c1-4-21-37-35(41)32(23-27-13-7-5-8-14-27)38(24-28-15-11-12-18-30(28)36)34(40)25-39(31-22-26(2)19-20-33(31)44-3)45(42,43)29-16-9-6-10-17-29/h5-20,22,32H,4,21,23-25H2,1-3H3,(H,37,41)/t32-/m0/s1. The van der Waals surface area contributed by atoms with E-state index >= 15 is 4.39 Å². The normalized spacial score (nSPS) is 11.8. The predicted octanol–water partition coefficient (Wildman–Crippen LogP) is 5.50. The van der Waals surface area contributed by atoms with Crippen LogP contribution in [0.25, 0.3) is 0 Å². The molecule has 4 aromatic rings. The molecule has 1 atom stereocenters. The molecule has 4 rings (SSSR count). The van der Waals surface area contributed by atoms with Gasteiger partial charge in [-0.2, -0.15) is 0 Å². The second-order valence-electron chi connectivity index (χ2n) is 10.6. The lowest BCUT2D eigenvalue weighted by molar-refractivity contribution is -0.140. The molecule has 0 heterocycles. The Bertz CT molecular complexity index is 1700. The summed E-state index contributed by atoms with van der Waals surface area (Å²) in [5.74, 6) is -1.41. The SMILES string of the molecule is CCCNC(=O)[C@H](Cc1ccccc1)N(Cc1ccccc1F)C(=O)CN(c1cc(C)ccc1OC)S(=O)(=O)c1ccccc1. The third-order valence-corrected chi connectivity index (χ3v) is 9.11. The van der Waals surface area contributed by atoms with Crippen LogP contribution in [0.15, 0.2) is 108 Å². The summed E-state index contributed by atoms with van der Waals surface area (Å²) in [6.45, 7) is 3.16. The number of methoxy groups -OCH3 is 1. The molecule has 45 heavy (non-hydrogen) atoms. The number of carbonyl (C=O) groups excluding carboxylic acids is 2. The molecule has 0 aliphatic carbocycles. The van der Waals surface area contributed by atoms with Crippen LogP contribution in [-0.2, 0) is 32.6 Å². The van der Waals surface area contributed by atoms with Gasteiger partial charge in [-0.15, -0.1) is 0 Å². The fourth-order valence-corrected chi connectivity index (χ4v) is 6.40. The summed E-state index contributed by atoms with van der Waals surface area (Å²) in [7, 11) is -2.88. The van der Waals surface area contributed by atoms with Gasteiger partial charge in [-0.1, -0.05) is 79.7 Å². The van der Waals surface area contributed by atoms with E-state index in [1.54, 1.807) is 61.5 Å². The van der Waals surface area contributed by atoms with Crippen LogP contribution >= 0.6 is 0 Å². The molecule has 0 saturated heterocycles. The second-order valence-corrected chi connectivity index (χ2v) is 12.5. The summed E-state index contributed by atoms with van der Waals surface area (Å²) in [4.78, 5) is 29.4. The number of aryl methyl sites for hydroxylation is 1. The van der Waals surface area contributed by atoms with Crippen LogP contribution in [0.3, 0.4) is 0 Å². The highest BCUT2D eigenvalue weighted by molar-refractivity contribution is 7.92. The molecule has 0 aliphatic rings. The monoisotopic (exact) mass is 631 g/mol. The van der Waals surface area contributed by atoms with Gasteiger partial charge in [0.25, 0.3) is 10.0 Å². The zero-order valence-corrected chi connectivity index (χ0v) is 26.5. The molecular weight excluding hydrogens is 593 g/mol. The van der Waals surface area contributed by atoms with Gasteiger partial charge in [-0.25, -0.2) is 12.8 Å². The molecule has 1 N–H and O–H groups in total. The Hall–Kier alpha value is -4.70. The van der Waals surface area contributed by atoms with E-state index in [2.05, 4.69) is 5.32 Å². The van der Waals surface area contributed by atoms with E-state index in [1.165, 1.54) is 30.2 Å². The van der Waals surface area contributed by atoms with E-state index in [4.69, 9.17) is 4.74 Å². The highest BCUT2D eigenvalue weighted by atomic mass is 32.2. The summed E-state index contributed by atoms with van der Waals surface area (Å²) in [6, 6.07) is 27.0. The van der Waals surface area contributed by atoms with Crippen LogP contribution in [0.4, 0.5) is 10.1 Å². The molecule has 2 amide bonds. The minimum atomic E-state index is -4.30. The summed E-state index contributed by atoms with van der Waals surface area (Å²) in [5, 5.41) is 2.88. The number of amides is 2. The first-order chi connectivity index (χ1) is 21.6. The van der Waals surface area contributed by atoms with Crippen molar-refractivity contribution in [1.82, 2.24) is 10.2 Å². The molecule has 0 fully saturated rings. The highest BCUT2D eigenvalue weighted by Gasteiger charge is 2.35. The van der Waals surface area contributed by atoms with Gasteiger partial charge < -0.3 is 15.0 Å². The minimum Gasteiger partial charge on any atom is -0.495 e. The lowest BCUT2D eigenvalue weighted by atomic mass is 10.0. The fraction of sp³-hybridized carbons (Fsp3) is 0.257. The maximum atomic E-state index is 15.0. The van der Waals surface area contributed by atoms with Gasteiger partial charge in [0, 0.05) is 25.1 Å². The van der Waals surface area contributed by atoms with Gasteiger partial charge in [0.2, 0.25) is 11.8 Å². The molecule has 4 aromatic carbocycles. The van der Waals surface area contributed by atoms with Gasteiger partial charge in [0.05, 0.1) is 17.7 Å². The van der Waals surface area contributed by atoms with Gasteiger partial charge in [-0.05, 0) is 54.8 Å². The zero-order valence-electron chi connectivity index (χ0n) is 25.6. The molecule has 0 unspecified atom stereocenters. The number of nitrogens with zero attached hydrogens (tertiary/aromatic N) is 2. The van der Waals surface area contributed by atoms with Crippen molar-refractivity contribution in [3.05, 3.63) is 126 Å². The number of anilines is 1. The Labute approximate surface area is 264 Å². The second kappa shape index (κ2) is 15.3. The third kappa shape index (κ3) is 8.27. The number of hydrogen-bond donors (Lipinski definition) is 1. The molecule has 0 aromatic heterocycles. The number of halogens is 1. The molecule has 0 bridgehead atoms. The topological polar surface area (TPSA) is 96.0 Å². The van der Waals surface area contributed by atoms with Crippen molar-refractivity contribution in [2.24, 2.45) is 0 Å². The van der Waals surface area contributed by atoms with Crippen molar-refractivity contribution in [1.29, 1.82) is 0 Å². The number of sulfonamides is 1. The number of hydrogen-bond acceptors (Lipinski definition) is 5. The lowest BCUT2D eigenvalue weighted by Gasteiger charge is -2.34. The quantitative estimate of drug-likeness (QED) is 0.198. The number of ether oxygens (including phenoxy) is 1. The zero-order chi connectivity index (χ0) is 32.4. The van der Waals surface area contributed by atoms with Crippen molar-refractivity contribution < 1.29 is 27.1 Å². The van der Waals surface area contributed by atoms with E-state index in [9.17, 15) is 18.0 Å². The van der Waals surface area contributed by atoms with Gasteiger partial charge in [0.1, 0.15) is 24.2 Å². The molecule has 0 aliphatic heterocycles. The van der Waals surface area contributed by atoms with Crippen molar-refractivity contribution in [3.8, 4) is 5.75 Å². The van der Waals surface area contributed by atoms with Gasteiger partial charge in [-0.3, -0.25) is 13.9 Å². The smallest absolute Gasteiger partial charge is 0.264 e. The summed E-state index contributed by atoms with van der Waals surface area (Å²) in [6.07, 6.45) is 0.803. The number of nitrogens with one attached hydrogen (secondary N) is 1. The molecule has 8 nitrogen and oxygen atoms in total. The van der Waals surface area contributed by atoms with Crippen LogP contribution in [0.5, 0.6) is 5.75 Å². The lowest BCUT2D eigenvalue weighted by Crippen LogP contribution is -2.53. The Kier molecular flexibility index (Phi) is 11.3. The maximum absolute atomic E-state index is 15.0. The van der Waals surface area contributed by atoms with Crippen molar-refractivity contribution >= 4 is 27.5 Å². The number of carbonyl (C=O) groups is 2. The highest BCUT2D eigenvalue weighted by Crippen LogP contribution is 2.34. The largest absolute Gasteiger partial charge is 0.495 e. The molecule has 236 valence electrons. The molecule has 0 saturated carbocycles. The Morgan fingerprint density at radius 1 is 0.911 bits per heavy atom. The first-order valence-electron chi connectivity index (χ1n) is 14.7. The summed E-state index contributed by atoms with van der Waals surface area (Å²) in [5.41, 5.74) is 1.89. The van der Waals surface area contributed by atoms with Crippen LogP contribution in [-0.4, -0.2) is 51.4 Å². The summed E-state index contributed by atoms with van der Waals surface area (Å²) >= 11 is 0. The Morgan fingerprint density at radius 2 is 1.56 bits per heavy atom. The van der Waals surface area contributed by atoms with Crippen LogP contribution in [0.1, 0.15) is 30.0 Å². The van der Waals surface area contributed by atoms with E-state index in [0.29, 0.717) is 13.0 Å². The van der Waals surface area contributed by atoms with Crippen molar-refractivity contribution in [2.45, 2.75) is 44.2 Å². The number of rotatable bonds is 14. The summed E-state index contributed by atoms with van der Waals surface area (Å²) < 4.78 is 49.9. The third-order valence-electron chi connectivity index (χ3n) is 7.33. The van der Waals surface area contributed by atoms with E-state index in [0.717, 1.165) is 15.4 Å². The van der Waals surface area contributed by atoms with Crippen LogP contribution in [0, 0.1) is 12.7 Å². The first kappa shape index (κ1) is 33.2. The average Bonchev–Trinajstić information content (AvgIpc) is 3.05. The minimum absolute atomic E-state index is 0.0245. The van der Waals surface area contributed by atoms with E-state index < -0.39 is 40.2 Å². The Balaban J connectivity index is 1.85. The van der Waals surface area contributed by atoms with Crippen molar-refractivity contribution in [2.75, 3.05) is 24.5 Å². The van der Waals surface area contributed by atoms with Crippen LogP contribution in [0.2, 0.25) is 0 Å². The average molecular weight is 632 g/mol. The van der Waals surface area contributed by atoms with E-state index in [1.807, 2.05) is 37.3 Å². The molecule has 0 spiro atoms. The van der Waals surface area contributed by atoms with Crippen molar-refractivity contribution in [3.63, 3.8) is 0 Å². The van der Waals surface area contributed by atoms with Gasteiger partial charge >= 0.3 is 0 Å². The fourth-order valence-electron chi connectivity index (χ4n) is 4.96. The predicted molar refractivity (Wildman–Crippen MR) is 173 cm³/mol. The molecule has 0 radical (unpaired) electrons. The molecular formula is C35H38FN3O5S. The molecule has 10 heteroatoms. The maximum Gasteiger partial charge on any atom is 0.264 e. The van der Waals surface area contributed by atoms with Crippen LogP contribution < -0.4 is 14.4 Å². The van der Waals surface area contributed by atoms with E-state index in [-0.39, 0.29) is 34.9 Å². The van der Waals surface area contributed by atoms with Gasteiger partial charge in [0.15, 0.2) is 0 Å². The number of benzene rings is 4. The first-order valence-corrected chi connectivity index (χ1v) is 16.2.